The number of hydrogen-bond donors (Lipinski definition) is 2. The second-order valence-electron chi connectivity index (χ2n) is 6.63. The molecule has 0 unspecified atom stereocenters. The third-order valence-corrected chi connectivity index (χ3v) is 4.87. The van der Waals surface area contributed by atoms with Crippen LogP contribution in [0, 0.1) is 0 Å². The van der Waals surface area contributed by atoms with Gasteiger partial charge in [-0.2, -0.15) is 13.2 Å². The van der Waals surface area contributed by atoms with E-state index >= 15 is 0 Å². The van der Waals surface area contributed by atoms with Gasteiger partial charge in [-0.25, -0.2) is 4.79 Å². The molecule has 0 atom stereocenters. The zero-order valence-corrected chi connectivity index (χ0v) is 16.0. The van der Waals surface area contributed by atoms with E-state index in [9.17, 15) is 23.1 Å². The SMILES string of the molecule is O=C(O)c1cc(Cl)ccc1Nc1ccc2c(ccn2-c2cccc(C(F)(F)F)c2)c1. The number of alkyl halides is 3. The Hall–Kier alpha value is -3.45. The lowest BCUT2D eigenvalue weighted by molar-refractivity contribution is -0.137. The van der Waals surface area contributed by atoms with Crippen LogP contribution in [-0.4, -0.2) is 15.6 Å². The van der Waals surface area contributed by atoms with E-state index in [1.165, 1.54) is 12.1 Å². The number of carboxylic acid groups (broad SMARTS) is 1. The average Bonchev–Trinajstić information content (AvgIpc) is 3.12. The van der Waals surface area contributed by atoms with Crippen LogP contribution in [0.15, 0.2) is 72.9 Å². The molecule has 8 heteroatoms. The van der Waals surface area contributed by atoms with Gasteiger partial charge in [-0.15, -0.1) is 0 Å². The molecule has 0 saturated heterocycles. The summed E-state index contributed by atoms with van der Waals surface area (Å²) < 4.78 is 40.8. The number of fused-ring (bicyclic) bond motifs is 1. The molecule has 0 fully saturated rings. The summed E-state index contributed by atoms with van der Waals surface area (Å²) in [5.41, 5.74) is 1.44. The summed E-state index contributed by atoms with van der Waals surface area (Å²) in [6, 6.07) is 16.7. The van der Waals surface area contributed by atoms with Crippen molar-refractivity contribution >= 4 is 39.8 Å². The van der Waals surface area contributed by atoms with Crippen molar-refractivity contribution in [1.29, 1.82) is 0 Å². The van der Waals surface area contributed by atoms with Crippen LogP contribution < -0.4 is 5.32 Å². The number of carbonyl (C=O) groups is 1. The second kappa shape index (κ2) is 7.42. The maximum atomic E-state index is 13.0. The number of aromatic carboxylic acids is 1. The smallest absolute Gasteiger partial charge is 0.416 e. The van der Waals surface area contributed by atoms with Crippen LogP contribution >= 0.6 is 11.6 Å². The monoisotopic (exact) mass is 430 g/mol. The fourth-order valence-corrected chi connectivity index (χ4v) is 3.41. The Morgan fingerprint density at radius 3 is 2.53 bits per heavy atom. The zero-order valence-electron chi connectivity index (χ0n) is 15.2. The van der Waals surface area contributed by atoms with Crippen molar-refractivity contribution in [2.45, 2.75) is 6.18 Å². The minimum Gasteiger partial charge on any atom is -0.478 e. The van der Waals surface area contributed by atoms with Gasteiger partial charge >= 0.3 is 12.1 Å². The first-order valence-corrected chi connectivity index (χ1v) is 9.19. The number of anilines is 2. The number of carboxylic acids is 1. The van der Waals surface area contributed by atoms with Crippen LogP contribution in [0.3, 0.4) is 0 Å². The summed E-state index contributed by atoms with van der Waals surface area (Å²) in [4.78, 5) is 11.5. The first kappa shape index (κ1) is 19.8. The van der Waals surface area contributed by atoms with Crippen LogP contribution in [0.4, 0.5) is 24.5 Å². The summed E-state index contributed by atoms with van der Waals surface area (Å²) in [7, 11) is 0. The number of nitrogens with zero attached hydrogens (tertiary/aromatic N) is 1. The van der Waals surface area contributed by atoms with Crippen molar-refractivity contribution in [2.75, 3.05) is 5.32 Å². The zero-order chi connectivity index (χ0) is 21.5. The van der Waals surface area contributed by atoms with Gasteiger partial charge in [0.1, 0.15) is 0 Å². The van der Waals surface area contributed by atoms with E-state index in [4.69, 9.17) is 11.6 Å². The van der Waals surface area contributed by atoms with Crippen molar-refractivity contribution in [2.24, 2.45) is 0 Å². The average molecular weight is 431 g/mol. The Morgan fingerprint density at radius 2 is 1.80 bits per heavy atom. The fourth-order valence-electron chi connectivity index (χ4n) is 3.24. The van der Waals surface area contributed by atoms with Gasteiger partial charge in [0.25, 0.3) is 0 Å². The van der Waals surface area contributed by atoms with Gasteiger partial charge in [-0.3, -0.25) is 0 Å². The van der Waals surface area contributed by atoms with Crippen molar-refractivity contribution < 1.29 is 23.1 Å². The Kier molecular flexibility index (Phi) is 4.91. The highest BCUT2D eigenvalue weighted by Crippen LogP contribution is 2.32. The third kappa shape index (κ3) is 3.84. The van der Waals surface area contributed by atoms with E-state index in [1.54, 1.807) is 53.2 Å². The van der Waals surface area contributed by atoms with Crippen LogP contribution in [0.1, 0.15) is 15.9 Å². The molecule has 0 spiro atoms. The Balaban J connectivity index is 1.70. The van der Waals surface area contributed by atoms with E-state index in [2.05, 4.69) is 5.32 Å². The highest BCUT2D eigenvalue weighted by Gasteiger charge is 2.30. The minimum atomic E-state index is -4.42. The summed E-state index contributed by atoms with van der Waals surface area (Å²) >= 11 is 5.88. The van der Waals surface area contributed by atoms with E-state index in [-0.39, 0.29) is 5.56 Å². The minimum absolute atomic E-state index is 0.0316. The van der Waals surface area contributed by atoms with Gasteiger partial charge in [0.05, 0.1) is 22.3 Å². The van der Waals surface area contributed by atoms with Crippen molar-refractivity contribution in [3.05, 3.63) is 89.1 Å². The predicted octanol–water partition coefficient (Wildman–Crippen LogP) is 6.74. The maximum Gasteiger partial charge on any atom is 0.416 e. The van der Waals surface area contributed by atoms with Crippen molar-refractivity contribution in [3.63, 3.8) is 0 Å². The molecular formula is C22H14ClF3N2O2. The first-order chi connectivity index (χ1) is 14.2. The Morgan fingerprint density at radius 1 is 1.00 bits per heavy atom. The number of benzene rings is 3. The molecule has 1 aromatic heterocycles. The van der Waals surface area contributed by atoms with Crippen LogP contribution in [0.2, 0.25) is 5.02 Å². The second-order valence-corrected chi connectivity index (χ2v) is 7.06. The molecule has 3 aromatic carbocycles. The van der Waals surface area contributed by atoms with E-state index in [0.717, 1.165) is 23.0 Å². The van der Waals surface area contributed by atoms with Crippen LogP contribution in [0.25, 0.3) is 16.6 Å². The third-order valence-electron chi connectivity index (χ3n) is 4.63. The number of rotatable bonds is 4. The lowest BCUT2D eigenvalue weighted by Gasteiger charge is -2.12. The molecule has 0 saturated carbocycles. The maximum absolute atomic E-state index is 13.0. The van der Waals surface area contributed by atoms with Gasteiger partial charge in [0.15, 0.2) is 0 Å². The van der Waals surface area contributed by atoms with E-state index in [1.807, 2.05) is 0 Å². The predicted molar refractivity (Wildman–Crippen MR) is 110 cm³/mol. The highest BCUT2D eigenvalue weighted by molar-refractivity contribution is 6.31. The molecule has 1 heterocycles. The van der Waals surface area contributed by atoms with Crippen LogP contribution in [-0.2, 0) is 6.18 Å². The quantitative estimate of drug-likeness (QED) is 0.376. The molecule has 0 amide bonds. The lowest BCUT2D eigenvalue weighted by Crippen LogP contribution is -2.05. The normalized spacial score (nSPS) is 11.6. The van der Waals surface area contributed by atoms with E-state index < -0.39 is 17.7 Å². The van der Waals surface area contributed by atoms with Gasteiger partial charge in [0.2, 0.25) is 0 Å². The molecule has 0 aliphatic rings. The lowest BCUT2D eigenvalue weighted by atomic mass is 10.1. The van der Waals surface area contributed by atoms with Gasteiger partial charge in [-0.05, 0) is 60.7 Å². The van der Waals surface area contributed by atoms with Gasteiger partial charge < -0.3 is 15.0 Å². The first-order valence-electron chi connectivity index (χ1n) is 8.81. The fraction of sp³-hybridized carbons (Fsp3) is 0.0455. The Labute approximate surface area is 174 Å². The summed E-state index contributed by atoms with van der Waals surface area (Å²) in [5, 5.41) is 13.5. The molecule has 0 aliphatic carbocycles. The summed E-state index contributed by atoms with van der Waals surface area (Å²) in [5.74, 6) is -1.11. The molecule has 4 rings (SSSR count). The Bertz CT molecular complexity index is 1260. The topological polar surface area (TPSA) is 54.3 Å². The molecule has 4 nitrogen and oxygen atoms in total. The molecule has 0 bridgehead atoms. The molecule has 152 valence electrons. The number of aromatic nitrogens is 1. The standard InChI is InChI=1S/C22H14ClF3N2O2/c23-15-4-6-19(18(12-15)21(29)30)27-16-5-7-20-13(10-16)8-9-28(20)17-3-1-2-14(11-17)22(24,25)26/h1-12,27H,(H,29,30). The van der Waals surface area contributed by atoms with Crippen molar-refractivity contribution in [1.82, 2.24) is 4.57 Å². The number of hydrogen-bond acceptors (Lipinski definition) is 2. The highest BCUT2D eigenvalue weighted by atomic mass is 35.5. The molecule has 2 N–H and O–H groups in total. The molecule has 0 aliphatic heterocycles. The van der Waals surface area contributed by atoms with Crippen molar-refractivity contribution in [3.8, 4) is 5.69 Å². The number of halogens is 4. The van der Waals surface area contributed by atoms with Gasteiger partial charge in [0, 0.05) is 28.0 Å². The summed E-state index contributed by atoms with van der Waals surface area (Å²) in [6.45, 7) is 0. The van der Waals surface area contributed by atoms with Gasteiger partial charge in [-0.1, -0.05) is 17.7 Å². The summed E-state index contributed by atoms with van der Waals surface area (Å²) in [6.07, 6.45) is -2.73. The van der Waals surface area contributed by atoms with E-state index in [0.29, 0.717) is 22.1 Å². The van der Waals surface area contributed by atoms with Crippen LogP contribution in [0.5, 0.6) is 0 Å². The molecular weight excluding hydrogens is 417 g/mol. The molecule has 30 heavy (non-hydrogen) atoms. The largest absolute Gasteiger partial charge is 0.478 e. The molecule has 4 aromatic rings. The molecule has 0 radical (unpaired) electrons. The number of nitrogens with one attached hydrogen (secondary N) is 1.